The predicted molar refractivity (Wildman–Crippen MR) is 106 cm³/mol. The third kappa shape index (κ3) is 5.47. The highest BCUT2D eigenvalue weighted by Crippen LogP contribution is 2.20. The number of ether oxygens (including phenoxy) is 1. The smallest absolute Gasteiger partial charge is 0.286 e. The third-order valence-electron chi connectivity index (χ3n) is 4.57. The second-order valence-corrected chi connectivity index (χ2v) is 7.91. The molecule has 2 aromatic heterocycles. The number of benzene rings is 1. The lowest BCUT2D eigenvalue weighted by Gasteiger charge is -2.23. The summed E-state index contributed by atoms with van der Waals surface area (Å²) in [6.07, 6.45) is 3.96. The molecule has 1 amide bonds. The van der Waals surface area contributed by atoms with E-state index in [1.165, 1.54) is 35.6 Å². The van der Waals surface area contributed by atoms with Gasteiger partial charge in [-0.3, -0.25) is 9.69 Å². The maximum absolute atomic E-state index is 13.0. The van der Waals surface area contributed by atoms with Crippen LogP contribution in [0, 0.1) is 5.82 Å². The molecule has 1 atom stereocenters. The lowest BCUT2D eigenvalue weighted by Crippen LogP contribution is -2.31. The summed E-state index contributed by atoms with van der Waals surface area (Å²) < 4.78 is 24.2. The average Bonchev–Trinajstić information content (AvgIpc) is 3.47. The lowest BCUT2D eigenvalue weighted by atomic mass is 10.2. The van der Waals surface area contributed by atoms with Gasteiger partial charge in [0.25, 0.3) is 5.91 Å². The van der Waals surface area contributed by atoms with Gasteiger partial charge in [-0.15, -0.1) is 10.2 Å². The summed E-state index contributed by atoms with van der Waals surface area (Å²) >= 11 is 1.24. The lowest BCUT2D eigenvalue weighted by molar-refractivity contribution is 0.0654. The van der Waals surface area contributed by atoms with Crippen molar-refractivity contribution < 1.29 is 18.3 Å². The molecule has 1 saturated heterocycles. The molecule has 29 heavy (non-hydrogen) atoms. The summed E-state index contributed by atoms with van der Waals surface area (Å²) in [6, 6.07) is 9.38. The van der Waals surface area contributed by atoms with Crippen molar-refractivity contribution in [1.82, 2.24) is 15.1 Å². The largest absolute Gasteiger partial charge is 0.468 e. The molecule has 9 heteroatoms. The SMILES string of the molecule is O=C(Nc1ccc(F)cc1)c1nnc(CN(Cc2ccco2)CC2CCCO2)s1. The average molecular weight is 416 g/mol. The Labute approximate surface area is 171 Å². The zero-order valence-corrected chi connectivity index (χ0v) is 16.5. The van der Waals surface area contributed by atoms with E-state index in [2.05, 4.69) is 20.4 Å². The standard InChI is InChI=1S/C20H21FN4O3S/c21-14-5-7-15(8-6-14)22-19(26)20-24-23-18(29-20)13-25(11-16-3-1-9-27-16)12-17-4-2-10-28-17/h1,3,5-9,17H,2,4,10-13H2,(H,22,26). The number of hydrogen-bond acceptors (Lipinski definition) is 7. The Kier molecular flexibility index (Phi) is 6.28. The van der Waals surface area contributed by atoms with Crippen LogP contribution < -0.4 is 5.32 Å². The maximum Gasteiger partial charge on any atom is 0.286 e. The van der Waals surface area contributed by atoms with Crippen LogP contribution in [0.2, 0.25) is 0 Å². The van der Waals surface area contributed by atoms with Gasteiger partial charge in [-0.25, -0.2) is 4.39 Å². The van der Waals surface area contributed by atoms with Gasteiger partial charge >= 0.3 is 0 Å². The number of aromatic nitrogens is 2. The molecule has 1 fully saturated rings. The summed E-state index contributed by atoms with van der Waals surface area (Å²) in [4.78, 5) is 14.6. The van der Waals surface area contributed by atoms with Crippen molar-refractivity contribution in [2.45, 2.75) is 32.0 Å². The quantitative estimate of drug-likeness (QED) is 0.603. The number of hydrogen-bond donors (Lipinski definition) is 1. The summed E-state index contributed by atoms with van der Waals surface area (Å²) in [5, 5.41) is 11.9. The predicted octanol–water partition coefficient (Wildman–Crippen LogP) is 3.70. The van der Waals surface area contributed by atoms with E-state index in [4.69, 9.17) is 9.15 Å². The van der Waals surface area contributed by atoms with E-state index in [1.807, 2.05) is 12.1 Å². The Morgan fingerprint density at radius 2 is 2.10 bits per heavy atom. The van der Waals surface area contributed by atoms with Gasteiger partial charge in [0.15, 0.2) is 0 Å². The van der Waals surface area contributed by atoms with Gasteiger partial charge < -0.3 is 14.5 Å². The maximum atomic E-state index is 13.0. The molecule has 1 aromatic carbocycles. The van der Waals surface area contributed by atoms with Gasteiger partial charge in [-0.1, -0.05) is 11.3 Å². The molecule has 0 bridgehead atoms. The number of anilines is 1. The van der Waals surface area contributed by atoms with Crippen molar-refractivity contribution in [2.75, 3.05) is 18.5 Å². The van der Waals surface area contributed by atoms with Gasteiger partial charge in [-0.2, -0.15) is 0 Å². The van der Waals surface area contributed by atoms with E-state index in [-0.39, 0.29) is 22.8 Å². The van der Waals surface area contributed by atoms with Gasteiger partial charge in [0, 0.05) is 18.8 Å². The first kappa shape index (κ1) is 19.7. The topological polar surface area (TPSA) is 80.5 Å². The first-order valence-corrected chi connectivity index (χ1v) is 10.2. The van der Waals surface area contributed by atoms with E-state index >= 15 is 0 Å². The molecule has 4 rings (SSSR count). The van der Waals surface area contributed by atoms with Gasteiger partial charge in [0.05, 0.1) is 25.5 Å². The fraction of sp³-hybridized carbons (Fsp3) is 0.350. The number of rotatable bonds is 8. The van der Waals surface area contributed by atoms with Crippen LogP contribution in [0.1, 0.15) is 33.4 Å². The molecule has 152 valence electrons. The summed E-state index contributed by atoms with van der Waals surface area (Å²) in [5.41, 5.74) is 0.506. The zero-order valence-electron chi connectivity index (χ0n) is 15.7. The first-order valence-electron chi connectivity index (χ1n) is 9.41. The second-order valence-electron chi connectivity index (χ2n) is 6.85. The van der Waals surface area contributed by atoms with E-state index < -0.39 is 0 Å². The molecule has 3 aromatic rings. The number of halogens is 1. The van der Waals surface area contributed by atoms with Crippen LogP contribution in [0.4, 0.5) is 10.1 Å². The molecule has 7 nitrogen and oxygen atoms in total. The Bertz CT molecular complexity index is 924. The van der Waals surface area contributed by atoms with Gasteiger partial charge in [0.2, 0.25) is 5.01 Å². The molecule has 1 aliphatic rings. The highest BCUT2D eigenvalue weighted by Gasteiger charge is 2.22. The van der Waals surface area contributed by atoms with Crippen molar-refractivity contribution in [3.8, 4) is 0 Å². The minimum absolute atomic E-state index is 0.194. The molecular formula is C20H21FN4O3S. The number of nitrogens with one attached hydrogen (secondary N) is 1. The highest BCUT2D eigenvalue weighted by atomic mass is 32.1. The molecule has 1 unspecified atom stereocenters. The van der Waals surface area contributed by atoms with Crippen LogP contribution in [0.3, 0.4) is 0 Å². The van der Waals surface area contributed by atoms with Crippen LogP contribution >= 0.6 is 11.3 Å². The van der Waals surface area contributed by atoms with Crippen molar-refractivity contribution in [3.05, 3.63) is 64.3 Å². The Morgan fingerprint density at radius 3 is 2.83 bits per heavy atom. The van der Waals surface area contributed by atoms with Crippen molar-refractivity contribution >= 4 is 22.9 Å². The molecular weight excluding hydrogens is 395 g/mol. The van der Waals surface area contributed by atoms with Crippen LogP contribution in [0.25, 0.3) is 0 Å². The molecule has 0 radical (unpaired) electrons. The highest BCUT2D eigenvalue weighted by molar-refractivity contribution is 7.13. The van der Waals surface area contributed by atoms with E-state index in [1.54, 1.807) is 6.26 Å². The molecule has 3 heterocycles. The fourth-order valence-corrected chi connectivity index (χ4v) is 3.98. The normalized spacial score (nSPS) is 16.4. The third-order valence-corrected chi connectivity index (χ3v) is 5.47. The molecule has 0 saturated carbocycles. The minimum atomic E-state index is -0.364. The monoisotopic (exact) mass is 416 g/mol. The number of nitrogens with zero attached hydrogens (tertiary/aromatic N) is 3. The zero-order chi connectivity index (χ0) is 20.1. The van der Waals surface area contributed by atoms with Crippen LogP contribution in [0.15, 0.2) is 47.1 Å². The number of furan rings is 1. The summed E-state index contributed by atoms with van der Waals surface area (Å²) in [5.74, 6) is 0.142. The molecule has 1 aliphatic heterocycles. The molecule has 1 N–H and O–H groups in total. The van der Waals surface area contributed by atoms with Crippen LogP contribution in [0.5, 0.6) is 0 Å². The van der Waals surface area contributed by atoms with E-state index in [0.29, 0.717) is 18.8 Å². The van der Waals surface area contributed by atoms with Crippen molar-refractivity contribution in [3.63, 3.8) is 0 Å². The molecule has 0 aliphatic carbocycles. The van der Waals surface area contributed by atoms with Crippen molar-refractivity contribution in [1.29, 1.82) is 0 Å². The number of carbonyl (C=O) groups excluding carboxylic acids is 1. The van der Waals surface area contributed by atoms with Gasteiger partial charge in [-0.05, 0) is 49.2 Å². The number of amides is 1. The van der Waals surface area contributed by atoms with Gasteiger partial charge in [0.1, 0.15) is 16.6 Å². The van der Waals surface area contributed by atoms with E-state index in [0.717, 1.165) is 36.8 Å². The Balaban J connectivity index is 1.40. The Hall–Kier alpha value is -2.62. The van der Waals surface area contributed by atoms with E-state index in [9.17, 15) is 9.18 Å². The van der Waals surface area contributed by atoms with Crippen LogP contribution in [-0.2, 0) is 17.8 Å². The number of carbonyl (C=O) groups is 1. The minimum Gasteiger partial charge on any atom is -0.468 e. The first-order chi connectivity index (χ1) is 14.2. The van der Waals surface area contributed by atoms with Crippen molar-refractivity contribution in [2.24, 2.45) is 0 Å². The van der Waals surface area contributed by atoms with Crippen LogP contribution in [-0.4, -0.2) is 40.3 Å². The fourth-order valence-electron chi connectivity index (χ4n) is 3.20. The Morgan fingerprint density at radius 1 is 1.24 bits per heavy atom. The second kappa shape index (κ2) is 9.25. The summed E-state index contributed by atoms with van der Waals surface area (Å²) in [7, 11) is 0. The molecule has 0 spiro atoms. The summed E-state index contributed by atoms with van der Waals surface area (Å²) in [6.45, 7) is 2.73.